The number of sulfonamides is 1. The molecule has 2 rings (SSSR count). The van der Waals surface area contributed by atoms with Crippen molar-refractivity contribution in [2.75, 3.05) is 12.8 Å². The lowest BCUT2D eigenvalue weighted by atomic mass is 10.2. The van der Waals surface area contributed by atoms with Crippen LogP contribution in [-0.4, -0.2) is 15.5 Å². The number of anilines is 1. The number of ether oxygens (including phenoxy) is 1. The fourth-order valence-corrected chi connectivity index (χ4v) is 2.74. The van der Waals surface area contributed by atoms with Crippen LogP contribution in [0.2, 0.25) is 0 Å². The molecule has 0 aliphatic rings. The van der Waals surface area contributed by atoms with Crippen molar-refractivity contribution >= 4 is 15.7 Å². The fraction of sp³-hybridized carbons (Fsp3) is 0.143. The highest BCUT2D eigenvalue weighted by molar-refractivity contribution is 7.89. The molecule has 0 spiro atoms. The van der Waals surface area contributed by atoms with Crippen molar-refractivity contribution in [3.05, 3.63) is 54.1 Å². The van der Waals surface area contributed by atoms with Gasteiger partial charge in [-0.05, 0) is 42.0 Å². The zero-order chi connectivity index (χ0) is 14.6. The Morgan fingerprint density at radius 1 is 1.15 bits per heavy atom. The van der Waals surface area contributed by atoms with E-state index >= 15 is 0 Å². The second-order valence-corrected chi connectivity index (χ2v) is 6.01. The van der Waals surface area contributed by atoms with Crippen molar-refractivity contribution < 1.29 is 13.2 Å². The predicted octanol–water partition coefficient (Wildman–Crippen LogP) is 1.76. The Balaban J connectivity index is 2.10. The topological polar surface area (TPSA) is 81.4 Å². The maximum Gasteiger partial charge on any atom is 0.240 e. The molecule has 0 aliphatic heterocycles. The van der Waals surface area contributed by atoms with Crippen LogP contribution in [0.3, 0.4) is 0 Å². The molecule has 0 fully saturated rings. The van der Waals surface area contributed by atoms with Crippen LogP contribution in [-0.2, 0) is 16.6 Å². The van der Waals surface area contributed by atoms with E-state index in [1.807, 2.05) is 6.07 Å². The molecule has 2 aromatic carbocycles. The van der Waals surface area contributed by atoms with Gasteiger partial charge in [0.25, 0.3) is 0 Å². The van der Waals surface area contributed by atoms with Gasteiger partial charge in [0.2, 0.25) is 10.0 Å². The van der Waals surface area contributed by atoms with Gasteiger partial charge in [0.1, 0.15) is 5.75 Å². The average molecular weight is 292 g/mol. The molecule has 0 saturated carbocycles. The van der Waals surface area contributed by atoms with E-state index in [2.05, 4.69) is 4.72 Å². The predicted molar refractivity (Wildman–Crippen MR) is 77.9 cm³/mol. The minimum absolute atomic E-state index is 0.194. The summed E-state index contributed by atoms with van der Waals surface area (Å²) in [6.07, 6.45) is 0. The van der Waals surface area contributed by atoms with Gasteiger partial charge >= 0.3 is 0 Å². The average Bonchev–Trinajstić information content (AvgIpc) is 2.45. The van der Waals surface area contributed by atoms with Crippen molar-refractivity contribution in [2.24, 2.45) is 0 Å². The molecule has 6 heteroatoms. The number of nitrogens with two attached hydrogens (primary N) is 1. The van der Waals surface area contributed by atoms with E-state index in [9.17, 15) is 8.42 Å². The lowest BCUT2D eigenvalue weighted by Gasteiger charge is -2.08. The highest BCUT2D eigenvalue weighted by atomic mass is 32.2. The minimum Gasteiger partial charge on any atom is -0.497 e. The molecule has 0 bridgehead atoms. The molecular weight excluding hydrogens is 276 g/mol. The summed E-state index contributed by atoms with van der Waals surface area (Å²) in [5, 5.41) is 0. The highest BCUT2D eigenvalue weighted by Gasteiger charge is 2.13. The van der Waals surface area contributed by atoms with Gasteiger partial charge in [-0.3, -0.25) is 0 Å². The summed E-state index contributed by atoms with van der Waals surface area (Å²) in [4.78, 5) is 0.196. The number of nitrogens with one attached hydrogen (secondary N) is 1. The summed E-state index contributed by atoms with van der Waals surface area (Å²) in [5.74, 6) is 0.611. The maximum absolute atomic E-state index is 12.1. The van der Waals surface area contributed by atoms with Crippen LogP contribution >= 0.6 is 0 Å². The minimum atomic E-state index is -3.54. The van der Waals surface area contributed by atoms with Crippen LogP contribution in [0, 0.1) is 0 Å². The van der Waals surface area contributed by atoms with Gasteiger partial charge < -0.3 is 10.5 Å². The van der Waals surface area contributed by atoms with Gasteiger partial charge in [0, 0.05) is 12.2 Å². The Kier molecular flexibility index (Phi) is 4.26. The Bertz CT molecular complexity index is 682. The first kappa shape index (κ1) is 14.4. The number of rotatable bonds is 5. The monoisotopic (exact) mass is 292 g/mol. The first-order valence-corrected chi connectivity index (χ1v) is 7.48. The standard InChI is InChI=1S/C14H16N2O3S/c1-19-13-5-7-14(8-6-13)20(17,18)16-10-11-3-2-4-12(15)9-11/h2-9,16H,10,15H2,1H3. The van der Waals surface area contributed by atoms with Crippen LogP contribution in [0.1, 0.15) is 5.56 Å². The molecule has 0 unspecified atom stereocenters. The normalized spacial score (nSPS) is 11.2. The number of nitrogen functional groups attached to an aromatic ring is 1. The molecule has 20 heavy (non-hydrogen) atoms. The molecular formula is C14H16N2O3S. The van der Waals surface area contributed by atoms with Crippen molar-refractivity contribution in [3.8, 4) is 5.75 Å². The molecule has 0 amide bonds. The van der Waals surface area contributed by atoms with E-state index in [-0.39, 0.29) is 11.4 Å². The second kappa shape index (κ2) is 5.94. The van der Waals surface area contributed by atoms with E-state index in [0.29, 0.717) is 11.4 Å². The summed E-state index contributed by atoms with van der Waals surface area (Å²) in [6, 6.07) is 13.3. The molecule has 0 atom stereocenters. The van der Waals surface area contributed by atoms with Gasteiger partial charge in [-0.15, -0.1) is 0 Å². The zero-order valence-electron chi connectivity index (χ0n) is 11.0. The number of benzene rings is 2. The Morgan fingerprint density at radius 3 is 2.45 bits per heavy atom. The Morgan fingerprint density at radius 2 is 1.85 bits per heavy atom. The van der Waals surface area contributed by atoms with Crippen LogP contribution < -0.4 is 15.2 Å². The van der Waals surface area contributed by atoms with Gasteiger partial charge in [-0.2, -0.15) is 0 Å². The Hall–Kier alpha value is -2.05. The van der Waals surface area contributed by atoms with E-state index < -0.39 is 10.0 Å². The van der Waals surface area contributed by atoms with Crippen LogP contribution in [0.4, 0.5) is 5.69 Å². The van der Waals surface area contributed by atoms with Crippen molar-refractivity contribution in [1.82, 2.24) is 4.72 Å². The molecule has 0 aromatic heterocycles. The summed E-state index contributed by atoms with van der Waals surface area (Å²) in [7, 11) is -2.01. The smallest absolute Gasteiger partial charge is 0.240 e. The van der Waals surface area contributed by atoms with Crippen LogP contribution in [0.5, 0.6) is 5.75 Å². The van der Waals surface area contributed by atoms with Crippen LogP contribution in [0.15, 0.2) is 53.4 Å². The summed E-state index contributed by atoms with van der Waals surface area (Å²) < 4.78 is 31.7. The van der Waals surface area contributed by atoms with E-state index in [1.165, 1.54) is 19.2 Å². The lowest BCUT2D eigenvalue weighted by molar-refractivity contribution is 0.414. The number of hydrogen-bond donors (Lipinski definition) is 2. The maximum atomic E-state index is 12.1. The fourth-order valence-electron chi connectivity index (χ4n) is 1.72. The molecule has 0 radical (unpaired) electrons. The molecule has 0 heterocycles. The van der Waals surface area contributed by atoms with Gasteiger partial charge in [0.05, 0.1) is 12.0 Å². The zero-order valence-corrected chi connectivity index (χ0v) is 11.9. The van der Waals surface area contributed by atoms with Crippen molar-refractivity contribution in [2.45, 2.75) is 11.4 Å². The first-order valence-electron chi connectivity index (χ1n) is 5.99. The highest BCUT2D eigenvalue weighted by Crippen LogP contribution is 2.16. The number of hydrogen-bond acceptors (Lipinski definition) is 4. The Labute approximate surface area is 118 Å². The third-order valence-corrected chi connectivity index (χ3v) is 4.20. The molecule has 0 saturated heterocycles. The van der Waals surface area contributed by atoms with Crippen molar-refractivity contribution in [1.29, 1.82) is 0 Å². The quantitative estimate of drug-likeness (QED) is 0.823. The third kappa shape index (κ3) is 3.49. The van der Waals surface area contributed by atoms with Gasteiger partial charge in [0.15, 0.2) is 0 Å². The van der Waals surface area contributed by atoms with E-state index in [0.717, 1.165) is 5.56 Å². The third-order valence-electron chi connectivity index (χ3n) is 2.79. The molecule has 0 aliphatic carbocycles. The van der Waals surface area contributed by atoms with Crippen LogP contribution in [0.25, 0.3) is 0 Å². The molecule has 2 aromatic rings. The SMILES string of the molecule is COc1ccc(S(=O)(=O)NCc2cccc(N)c2)cc1. The van der Waals surface area contributed by atoms with E-state index in [4.69, 9.17) is 10.5 Å². The van der Waals surface area contributed by atoms with Gasteiger partial charge in [-0.1, -0.05) is 12.1 Å². The van der Waals surface area contributed by atoms with E-state index in [1.54, 1.807) is 30.3 Å². The van der Waals surface area contributed by atoms with Crippen molar-refractivity contribution in [3.63, 3.8) is 0 Å². The largest absolute Gasteiger partial charge is 0.497 e. The van der Waals surface area contributed by atoms with Gasteiger partial charge in [-0.25, -0.2) is 13.1 Å². The summed E-state index contributed by atoms with van der Waals surface area (Å²) in [6.45, 7) is 0.194. The summed E-state index contributed by atoms with van der Waals surface area (Å²) in [5.41, 5.74) is 7.06. The molecule has 5 nitrogen and oxygen atoms in total. The lowest BCUT2D eigenvalue weighted by Crippen LogP contribution is -2.23. The number of methoxy groups -OCH3 is 1. The molecule has 106 valence electrons. The second-order valence-electron chi connectivity index (χ2n) is 4.25. The summed E-state index contributed by atoms with van der Waals surface area (Å²) >= 11 is 0. The molecule has 3 N–H and O–H groups in total. The first-order chi connectivity index (χ1) is 9.51.